The second kappa shape index (κ2) is 12.3. The Bertz CT molecular complexity index is 1360. The molecular formula is C33H37NO5S. The van der Waals surface area contributed by atoms with Gasteiger partial charge in [-0.2, -0.15) is 0 Å². The maximum Gasteiger partial charge on any atom is 0.410 e. The van der Waals surface area contributed by atoms with Crippen molar-refractivity contribution in [3.8, 4) is 5.75 Å². The molecule has 1 fully saturated rings. The van der Waals surface area contributed by atoms with Gasteiger partial charge in [0.2, 0.25) is 0 Å². The summed E-state index contributed by atoms with van der Waals surface area (Å²) in [5, 5.41) is 0. The lowest BCUT2D eigenvalue weighted by Gasteiger charge is -2.27. The molecule has 0 aromatic heterocycles. The van der Waals surface area contributed by atoms with Crippen molar-refractivity contribution < 1.29 is 23.9 Å². The maximum absolute atomic E-state index is 13.8. The van der Waals surface area contributed by atoms with Crippen molar-refractivity contribution in [2.24, 2.45) is 5.92 Å². The zero-order valence-corrected chi connectivity index (χ0v) is 24.8. The number of benzene rings is 3. The van der Waals surface area contributed by atoms with E-state index in [1.54, 1.807) is 30.5 Å². The number of carbonyl (C=O) groups is 3. The van der Waals surface area contributed by atoms with Gasteiger partial charge in [0.05, 0.1) is 0 Å². The lowest BCUT2D eigenvalue weighted by Crippen LogP contribution is -2.36. The molecule has 4 rings (SSSR count). The van der Waals surface area contributed by atoms with Gasteiger partial charge in [0.15, 0.2) is 17.2 Å². The number of ketones is 2. The van der Waals surface area contributed by atoms with Gasteiger partial charge in [-0.15, -0.1) is 11.8 Å². The van der Waals surface area contributed by atoms with Crippen LogP contribution in [-0.2, 0) is 16.1 Å². The summed E-state index contributed by atoms with van der Waals surface area (Å²) in [6, 6.07) is 21.2. The second-order valence-corrected chi connectivity index (χ2v) is 11.8. The van der Waals surface area contributed by atoms with Crippen LogP contribution in [0.15, 0.2) is 71.6 Å². The molecule has 0 spiro atoms. The van der Waals surface area contributed by atoms with Crippen LogP contribution in [0.2, 0.25) is 0 Å². The van der Waals surface area contributed by atoms with Crippen LogP contribution in [0.5, 0.6) is 5.75 Å². The molecule has 7 heteroatoms. The monoisotopic (exact) mass is 559 g/mol. The first-order chi connectivity index (χ1) is 19.0. The fraction of sp³-hybridized carbons (Fsp3) is 0.364. The maximum atomic E-state index is 13.8. The highest BCUT2D eigenvalue weighted by atomic mass is 32.2. The van der Waals surface area contributed by atoms with Crippen molar-refractivity contribution in [3.05, 3.63) is 94.5 Å². The minimum Gasteiger partial charge on any atom is -0.480 e. The van der Waals surface area contributed by atoms with Crippen LogP contribution in [0, 0.1) is 19.8 Å². The van der Waals surface area contributed by atoms with Gasteiger partial charge in [-0.3, -0.25) is 9.59 Å². The van der Waals surface area contributed by atoms with Gasteiger partial charge < -0.3 is 14.4 Å². The average Bonchev–Trinajstić information content (AvgIpc) is 3.39. The third-order valence-corrected chi connectivity index (χ3v) is 8.35. The Hall–Kier alpha value is -3.58. The summed E-state index contributed by atoms with van der Waals surface area (Å²) in [7, 11) is 0. The number of carbonyl (C=O) groups excluding carboxylic acids is 3. The van der Waals surface area contributed by atoms with E-state index in [2.05, 4.69) is 0 Å². The number of likely N-dealkylation sites (tertiary alicyclic amines) is 1. The number of hydrogen-bond acceptors (Lipinski definition) is 6. The molecule has 1 heterocycles. The summed E-state index contributed by atoms with van der Waals surface area (Å²) in [4.78, 5) is 41.8. The van der Waals surface area contributed by atoms with Gasteiger partial charge in [-0.1, -0.05) is 54.6 Å². The quantitative estimate of drug-likeness (QED) is 0.207. The van der Waals surface area contributed by atoms with E-state index in [9.17, 15) is 14.4 Å². The van der Waals surface area contributed by atoms with E-state index in [1.807, 2.05) is 86.8 Å². The van der Waals surface area contributed by atoms with Gasteiger partial charge in [-0.05, 0) is 75.3 Å². The smallest absolute Gasteiger partial charge is 0.410 e. The van der Waals surface area contributed by atoms with Crippen LogP contribution in [0.25, 0.3) is 0 Å². The molecule has 0 aliphatic carbocycles. The van der Waals surface area contributed by atoms with Crippen LogP contribution in [0.1, 0.15) is 59.3 Å². The topological polar surface area (TPSA) is 72.9 Å². The molecule has 3 aromatic carbocycles. The summed E-state index contributed by atoms with van der Waals surface area (Å²) in [5.41, 5.74) is 3.30. The van der Waals surface area contributed by atoms with E-state index in [-0.39, 0.29) is 30.6 Å². The standard InChI is InChI=1S/C33H37NO5S/c1-21-16-26(17-22(2)31(21)39-33(4,5)23(3)35)28-18-34(32(37)38-20-24-10-8-7-9-11-24)19-29(28)30(36)25-12-14-27(40-6)15-13-25/h7-17,28-29H,18-20H2,1-6H3. The Morgan fingerprint density at radius 2 is 1.57 bits per heavy atom. The van der Waals surface area contributed by atoms with Crippen molar-refractivity contribution in [1.82, 2.24) is 4.90 Å². The zero-order valence-electron chi connectivity index (χ0n) is 24.0. The predicted molar refractivity (Wildman–Crippen MR) is 158 cm³/mol. The summed E-state index contributed by atoms with van der Waals surface area (Å²) in [6.45, 7) is 9.74. The molecule has 40 heavy (non-hydrogen) atoms. The molecule has 1 aliphatic rings. The number of Topliss-reactive ketones (excluding diaryl/α,β-unsaturated/α-hetero) is 2. The molecule has 0 radical (unpaired) electrons. The van der Waals surface area contributed by atoms with E-state index in [0.717, 1.165) is 27.1 Å². The summed E-state index contributed by atoms with van der Waals surface area (Å²) < 4.78 is 11.8. The van der Waals surface area contributed by atoms with Crippen molar-refractivity contribution in [2.45, 2.75) is 57.6 Å². The first-order valence-electron chi connectivity index (χ1n) is 13.4. The Kier molecular flexibility index (Phi) is 9.04. The number of aryl methyl sites for hydroxylation is 2. The minimum atomic E-state index is -0.953. The normalized spacial score (nSPS) is 17.0. The number of thioether (sulfide) groups is 1. The number of nitrogens with zero attached hydrogens (tertiary/aromatic N) is 1. The summed E-state index contributed by atoms with van der Waals surface area (Å²) >= 11 is 1.62. The third-order valence-electron chi connectivity index (χ3n) is 7.61. The van der Waals surface area contributed by atoms with Crippen LogP contribution < -0.4 is 4.74 Å². The Morgan fingerprint density at radius 1 is 0.950 bits per heavy atom. The van der Waals surface area contributed by atoms with Crippen LogP contribution in [0.4, 0.5) is 4.79 Å². The highest BCUT2D eigenvalue weighted by Gasteiger charge is 2.41. The van der Waals surface area contributed by atoms with E-state index in [1.165, 1.54) is 6.92 Å². The Labute approximate surface area is 241 Å². The van der Waals surface area contributed by atoms with Crippen LogP contribution in [-0.4, -0.2) is 47.5 Å². The first-order valence-corrected chi connectivity index (χ1v) is 14.7. The molecule has 0 saturated carbocycles. The minimum absolute atomic E-state index is 0.00404. The van der Waals surface area contributed by atoms with Crippen molar-refractivity contribution in [1.29, 1.82) is 0 Å². The van der Waals surface area contributed by atoms with Gasteiger partial charge in [0, 0.05) is 35.4 Å². The summed E-state index contributed by atoms with van der Waals surface area (Å²) in [6.07, 6.45) is 1.57. The van der Waals surface area contributed by atoms with Gasteiger partial charge in [0.1, 0.15) is 12.4 Å². The molecule has 1 amide bonds. The fourth-order valence-corrected chi connectivity index (χ4v) is 5.43. The molecule has 0 bridgehead atoms. The summed E-state index contributed by atoms with van der Waals surface area (Å²) in [5.74, 6) is -0.0390. The number of ether oxygens (including phenoxy) is 2. The van der Waals surface area contributed by atoms with Crippen LogP contribution in [0.3, 0.4) is 0 Å². The lowest BCUT2D eigenvalue weighted by molar-refractivity contribution is -0.129. The molecule has 2 unspecified atom stereocenters. The molecule has 0 N–H and O–H groups in total. The van der Waals surface area contributed by atoms with E-state index in [0.29, 0.717) is 17.9 Å². The molecular weight excluding hydrogens is 522 g/mol. The van der Waals surface area contributed by atoms with E-state index < -0.39 is 17.6 Å². The first kappa shape index (κ1) is 29.4. The van der Waals surface area contributed by atoms with Crippen LogP contribution >= 0.6 is 11.8 Å². The molecule has 6 nitrogen and oxygen atoms in total. The lowest BCUT2D eigenvalue weighted by atomic mass is 9.82. The van der Waals surface area contributed by atoms with Crippen molar-refractivity contribution in [2.75, 3.05) is 19.3 Å². The molecule has 2 atom stereocenters. The van der Waals surface area contributed by atoms with Crippen molar-refractivity contribution in [3.63, 3.8) is 0 Å². The molecule has 1 aliphatic heterocycles. The fourth-order valence-electron chi connectivity index (χ4n) is 5.02. The largest absolute Gasteiger partial charge is 0.480 e. The van der Waals surface area contributed by atoms with Gasteiger partial charge in [0.25, 0.3) is 0 Å². The highest BCUT2D eigenvalue weighted by Crippen LogP contribution is 2.39. The Balaban J connectivity index is 1.63. The second-order valence-electron chi connectivity index (χ2n) is 10.9. The highest BCUT2D eigenvalue weighted by molar-refractivity contribution is 7.98. The predicted octanol–water partition coefficient (Wildman–Crippen LogP) is 7.01. The molecule has 3 aromatic rings. The van der Waals surface area contributed by atoms with Crippen molar-refractivity contribution >= 4 is 29.4 Å². The van der Waals surface area contributed by atoms with E-state index in [4.69, 9.17) is 9.47 Å². The van der Waals surface area contributed by atoms with E-state index >= 15 is 0 Å². The molecule has 1 saturated heterocycles. The van der Waals surface area contributed by atoms with Gasteiger partial charge >= 0.3 is 6.09 Å². The number of amides is 1. The van der Waals surface area contributed by atoms with Gasteiger partial charge in [-0.25, -0.2) is 4.79 Å². The number of hydrogen-bond donors (Lipinski definition) is 0. The number of rotatable bonds is 9. The zero-order chi connectivity index (χ0) is 29.0. The molecule has 210 valence electrons. The average molecular weight is 560 g/mol. The SMILES string of the molecule is CSc1ccc(C(=O)C2CN(C(=O)OCc3ccccc3)CC2c2cc(C)c(OC(C)(C)C(C)=O)c(C)c2)cc1. The third kappa shape index (κ3) is 6.58. The Morgan fingerprint density at radius 3 is 2.15 bits per heavy atom.